The zero-order chi connectivity index (χ0) is 13.2. The van der Waals surface area contributed by atoms with E-state index in [2.05, 4.69) is 19.1 Å². The summed E-state index contributed by atoms with van der Waals surface area (Å²) in [4.78, 5) is 0. The van der Waals surface area contributed by atoms with E-state index < -0.39 is 0 Å². The summed E-state index contributed by atoms with van der Waals surface area (Å²) in [6.07, 6.45) is 9.02. The number of halogens is 2. The quantitative estimate of drug-likeness (QED) is 0.380. The van der Waals surface area contributed by atoms with Crippen molar-refractivity contribution in [2.75, 3.05) is 5.88 Å². The Bertz CT molecular complexity index is 305. The van der Waals surface area contributed by atoms with Crippen molar-refractivity contribution >= 4 is 23.2 Å². The maximum atomic E-state index is 6.06. The molecule has 0 saturated carbocycles. The van der Waals surface area contributed by atoms with Crippen molar-refractivity contribution in [2.24, 2.45) is 5.92 Å². The molecule has 1 atom stereocenters. The van der Waals surface area contributed by atoms with Gasteiger partial charge in [0.1, 0.15) is 0 Å². The summed E-state index contributed by atoms with van der Waals surface area (Å²) in [5.74, 6) is 1.37. The molecule has 0 saturated heterocycles. The van der Waals surface area contributed by atoms with Crippen molar-refractivity contribution in [2.45, 2.75) is 51.9 Å². The van der Waals surface area contributed by atoms with Gasteiger partial charge < -0.3 is 0 Å². The molecule has 0 aromatic heterocycles. The van der Waals surface area contributed by atoms with Gasteiger partial charge in [0.25, 0.3) is 0 Å². The zero-order valence-corrected chi connectivity index (χ0v) is 12.8. The van der Waals surface area contributed by atoms with E-state index in [1.54, 1.807) is 0 Å². The summed E-state index contributed by atoms with van der Waals surface area (Å²) in [6, 6.07) is 8.14. The molecular weight excluding hydrogens is 263 g/mol. The van der Waals surface area contributed by atoms with Crippen LogP contribution in [0.2, 0.25) is 5.02 Å². The van der Waals surface area contributed by atoms with E-state index in [4.69, 9.17) is 23.2 Å². The lowest BCUT2D eigenvalue weighted by Crippen LogP contribution is -2.06. The lowest BCUT2D eigenvalue weighted by Gasteiger charge is -2.13. The molecule has 0 aliphatic rings. The normalized spacial score (nSPS) is 12.6. The molecule has 0 spiro atoms. The van der Waals surface area contributed by atoms with E-state index in [-0.39, 0.29) is 0 Å². The number of rotatable bonds is 9. The highest BCUT2D eigenvalue weighted by atomic mass is 35.5. The second-order valence-corrected chi connectivity index (χ2v) is 5.80. The molecule has 0 N–H and O–H groups in total. The van der Waals surface area contributed by atoms with Crippen LogP contribution in [0.25, 0.3) is 0 Å². The fourth-order valence-electron chi connectivity index (χ4n) is 2.22. The van der Waals surface area contributed by atoms with Gasteiger partial charge in [0, 0.05) is 10.9 Å². The number of alkyl halides is 1. The minimum atomic E-state index is 0.606. The van der Waals surface area contributed by atoms with Crippen LogP contribution in [-0.2, 0) is 6.42 Å². The van der Waals surface area contributed by atoms with Crippen molar-refractivity contribution < 1.29 is 0 Å². The smallest absolute Gasteiger partial charge is 0.0406 e. The van der Waals surface area contributed by atoms with Gasteiger partial charge in [-0.1, -0.05) is 62.8 Å². The minimum Gasteiger partial charge on any atom is -0.126 e. The van der Waals surface area contributed by atoms with Gasteiger partial charge in [-0.3, -0.25) is 0 Å². The fraction of sp³-hybridized carbons (Fsp3) is 0.625. The van der Waals surface area contributed by atoms with Crippen LogP contribution in [0.1, 0.15) is 51.0 Å². The number of hydrogen-bond acceptors (Lipinski definition) is 0. The molecule has 0 amide bonds. The Kier molecular flexibility index (Phi) is 8.54. The maximum absolute atomic E-state index is 6.06. The van der Waals surface area contributed by atoms with Gasteiger partial charge >= 0.3 is 0 Å². The molecular formula is C16H24Cl2. The first-order valence-corrected chi connectivity index (χ1v) is 7.98. The summed E-state index contributed by atoms with van der Waals surface area (Å²) in [6.45, 7) is 2.25. The van der Waals surface area contributed by atoms with Crippen LogP contribution in [0.15, 0.2) is 24.3 Å². The van der Waals surface area contributed by atoms with Crippen molar-refractivity contribution in [1.29, 1.82) is 0 Å². The van der Waals surface area contributed by atoms with E-state index in [1.807, 2.05) is 12.1 Å². The molecule has 2 heteroatoms. The SMILES string of the molecule is CCCCCCCC(CCl)Cc1ccc(Cl)cc1. The molecule has 0 aliphatic carbocycles. The second-order valence-electron chi connectivity index (χ2n) is 5.05. The fourth-order valence-corrected chi connectivity index (χ4v) is 2.61. The van der Waals surface area contributed by atoms with Crippen LogP contribution >= 0.6 is 23.2 Å². The third-order valence-corrected chi connectivity index (χ3v) is 4.06. The highest BCUT2D eigenvalue weighted by molar-refractivity contribution is 6.30. The summed E-state index contributed by atoms with van der Waals surface area (Å²) in [7, 11) is 0. The standard InChI is InChI=1S/C16H24Cl2/c1-2-3-4-5-6-7-15(13-17)12-14-8-10-16(18)11-9-14/h8-11,15H,2-7,12-13H2,1H3. The molecule has 0 radical (unpaired) electrons. The Morgan fingerprint density at radius 2 is 1.67 bits per heavy atom. The van der Waals surface area contributed by atoms with Crippen LogP contribution in [-0.4, -0.2) is 5.88 Å². The van der Waals surface area contributed by atoms with Crippen LogP contribution in [0.5, 0.6) is 0 Å². The zero-order valence-electron chi connectivity index (χ0n) is 11.3. The molecule has 1 aromatic carbocycles. The first-order valence-electron chi connectivity index (χ1n) is 7.06. The largest absolute Gasteiger partial charge is 0.126 e. The first-order chi connectivity index (χ1) is 8.76. The molecule has 1 rings (SSSR count). The molecule has 0 heterocycles. The predicted molar refractivity (Wildman–Crippen MR) is 82.7 cm³/mol. The van der Waals surface area contributed by atoms with Gasteiger partial charge in [-0.25, -0.2) is 0 Å². The Balaban J connectivity index is 2.26. The van der Waals surface area contributed by atoms with Crippen LogP contribution in [0, 0.1) is 5.92 Å². The summed E-state index contributed by atoms with van der Waals surface area (Å²) < 4.78 is 0. The van der Waals surface area contributed by atoms with Crippen molar-refractivity contribution in [3.8, 4) is 0 Å². The number of benzene rings is 1. The number of unbranched alkanes of at least 4 members (excludes halogenated alkanes) is 4. The van der Waals surface area contributed by atoms with Gasteiger partial charge in [0.05, 0.1) is 0 Å². The van der Waals surface area contributed by atoms with Crippen molar-refractivity contribution in [3.63, 3.8) is 0 Å². The molecule has 0 bridgehead atoms. The van der Waals surface area contributed by atoms with Gasteiger partial charge in [-0.2, -0.15) is 0 Å². The van der Waals surface area contributed by atoms with E-state index in [0.717, 1.165) is 17.3 Å². The number of hydrogen-bond donors (Lipinski definition) is 0. The monoisotopic (exact) mass is 286 g/mol. The Labute approximate surface area is 122 Å². The van der Waals surface area contributed by atoms with Gasteiger partial charge in [-0.15, -0.1) is 11.6 Å². The van der Waals surface area contributed by atoms with E-state index in [1.165, 1.54) is 44.1 Å². The van der Waals surface area contributed by atoms with Crippen LogP contribution in [0.3, 0.4) is 0 Å². The molecule has 1 aromatic rings. The Hall–Kier alpha value is -0.200. The van der Waals surface area contributed by atoms with Gasteiger partial charge in [-0.05, 0) is 36.5 Å². The summed E-state index contributed by atoms with van der Waals surface area (Å²) in [5, 5.41) is 0.806. The molecule has 0 fully saturated rings. The Morgan fingerprint density at radius 3 is 2.28 bits per heavy atom. The third-order valence-electron chi connectivity index (χ3n) is 3.37. The average Bonchev–Trinajstić information content (AvgIpc) is 2.39. The van der Waals surface area contributed by atoms with Gasteiger partial charge in [0.15, 0.2) is 0 Å². The van der Waals surface area contributed by atoms with Crippen LogP contribution in [0.4, 0.5) is 0 Å². The average molecular weight is 287 g/mol. The lowest BCUT2D eigenvalue weighted by atomic mass is 9.95. The molecule has 18 heavy (non-hydrogen) atoms. The molecule has 102 valence electrons. The lowest BCUT2D eigenvalue weighted by molar-refractivity contribution is 0.488. The first kappa shape index (κ1) is 15.9. The van der Waals surface area contributed by atoms with Crippen LogP contribution < -0.4 is 0 Å². The van der Waals surface area contributed by atoms with Crippen molar-refractivity contribution in [3.05, 3.63) is 34.9 Å². The summed E-state index contributed by atoms with van der Waals surface area (Å²) >= 11 is 12.0. The topological polar surface area (TPSA) is 0 Å². The molecule has 0 nitrogen and oxygen atoms in total. The van der Waals surface area contributed by atoms with Crippen molar-refractivity contribution in [1.82, 2.24) is 0 Å². The molecule has 0 aliphatic heterocycles. The highest BCUT2D eigenvalue weighted by Crippen LogP contribution is 2.19. The van der Waals surface area contributed by atoms with Gasteiger partial charge in [0.2, 0.25) is 0 Å². The van der Waals surface area contributed by atoms with E-state index in [0.29, 0.717) is 5.92 Å². The van der Waals surface area contributed by atoms with E-state index in [9.17, 15) is 0 Å². The third kappa shape index (κ3) is 6.66. The maximum Gasteiger partial charge on any atom is 0.0406 e. The predicted octanol–water partition coefficient (Wildman–Crippen LogP) is 6.10. The second kappa shape index (κ2) is 9.69. The van der Waals surface area contributed by atoms with E-state index >= 15 is 0 Å². The highest BCUT2D eigenvalue weighted by Gasteiger charge is 2.08. The minimum absolute atomic E-state index is 0.606. The summed E-state index contributed by atoms with van der Waals surface area (Å²) in [5.41, 5.74) is 1.35. The molecule has 1 unspecified atom stereocenters. The Morgan fingerprint density at radius 1 is 1.00 bits per heavy atom.